The molecular formula is C15H19NO3. The Morgan fingerprint density at radius 1 is 1.47 bits per heavy atom. The van der Waals surface area contributed by atoms with Gasteiger partial charge in [0.1, 0.15) is 18.4 Å². The molecule has 0 heterocycles. The predicted octanol–water partition coefficient (Wildman–Crippen LogP) is 3.17. The van der Waals surface area contributed by atoms with Gasteiger partial charge in [-0.05, 0) is 30.9 Å². The van der Waals surface area contributed by atoms with E-state index in [0.29, 0.717) is 11.3 Å². The minimum absolute atomic E-state index is 0.0669. The fourth-order valence-electron chi connectivity index (χ4n) is 1.69. The maximum atomic E-state index is 10.8. The number of benzene rings is 1. The lowest BCUT2D eigenvalue weighted by atomic mass is 9.95. The Morgan fingerprint density at radius 3 is 2.68 bits per heavy atom. The van der Waals surface area contributed by atoms with Crippen molar-refractivity contribution >= 4 is 5.97 Å². The van der Waals surface area contributed by atoms with Crippen molar-refractivity contribution in [3.05, 3.63) is 29.3 Å². The second-order valence-corrected chi connectivity index (χ2v) is 4.70. The molecule has 102 valence electrons. The van der Waals surface area contributed by atoms with Crippen molar-refractivity contribution in [2.24, 2.45) is 5.92 Å². The first-order valence-corrected chi connectivity index (χ1v) is 6.39. The molecule has 0 bridgehead atoms. The third kappa shape index (κ3) is 3.72. The van der Waals surface area contributed by atoms with Crippen molar-refractivity contribution in [2.45, 2.75) is 33.1 Å². The number of para-hydroxylation sites is 1. The van der Waals surface area contributed by atoms with Crippen LogP contribution >= 0.6 is 0 Å². The van der Waals surface area contributed by atoms with E-state index >= 15 is 0 Å². The van der Waals surface area contributed by atoms with Crippen molar-refractivity contribution in [1.29, 1.82) is 5.26 Å². The Balaban J connectivity index is 3.02. The summed E-state index contributed by atoms with van der Waals surface area (Å²) in [7, 11) is 0. The average Bonchev–Trinajstić information content (AvgIpc) is 2.43. The van der Waals surface area contributed by atoms with Crippen molar-refractivity contribution in [3.63, 3.8) is 0 Å². The van der Waals surface area contributed by atoms with E-state index in [1.165, 1.54) is 0 Å². The number of nitriles is 1. The Kier molecular flexibility index (Phi) is 5.37. The largest absolute Gasteiger partial charge is 0.491 e. The first kappa shape index (κ1) is 15.0. The molecular weight excluding hydrogens is 242 g/mol. The number of rotatable bonds is 6. The third-order valence-corrected chi connectivity index (χ3v) is 3.21. The molecule has 0 saturated heterocycles. The fraction of sp³-hybridized carbons (Fsp3) is 0.467. The normalized spacial score (nSPS) is 13.4. The molecule has 0 aromatic heterocycles. The summed E-state index contributed by atoms with van der Waals surface area (Å²) >= 11 is 0. The minimum Gasteiger partial charge on any atom is -0.491 e. The summed E-state index contributed by atoms with van der Waals surface area (Å²) in [5, 5.41) is 18.0. The molecule has 0 saturated carbocycles. The van der Waals surface area contributed by atoms with Crippen molar-refractivity contribution in [1.82, 2.24) is 0 Å². The third-order valence-electron chi connectivity index (χ3n) is 3.21. The number of hydrogen-bond acceptors (Lipinski definition) is 3. The second kappa shape index (κ2) is 6.79. The fourth-order valence-corrected chi connectivity index (χ4v) is 1.69. The molecule has 0 fully saturated rings. The van der Waals surface area contributed by atoms with Gasteiger partial charge in [-0.3, -0.25) is 4.79 Å². The van der Waals surface area contributed by atoms with Crippen LogP contribution < -0.4 is 4.74 Å². The maximum Gasteiger partial charge on any atom is 0.309 e. The Labute approximate surface area is 113 Å². The maximum absolute atomic E-state index is 10.8. The van der Waals surface area contributed by atoms with Crippen LogP contribution in [0.25, 0.3) is 0 Å². The van der Waals surface area contributed by atoms with E-state index in [9.17, 15) is 4.79 Å². The predicted molar refractivity (Wildman–Crippen MR) is 72.2 cm³/mol. The highest BCUT2D eigenvalue weighted by Gasteiger charge is 2.17. The van der Waals surface area contributed by atoms with E-state index in [1.54, 1.807) is 13.0 Å². The molecule has 4 heteroatoms. The molecule has 2 atom stereocenters. The van der Waals surface area contributed by atoms with E-state index in [4.69, 9.17) is 15.1 Å². The zero-order chi connectivity index (χ0) is 14.4. The molecule has 2 unspecified atom stereocenters. The molecule has 0 aliphatic carbocycles. The zero-order valence-electron chi connectivity index (χ0n) is 11.5. The molecule has 0 radical (unpaired) electrons. The number of carboxylic acids is 1. The summed E-state index contributed by atoms with van der Waals surface area (Å²) in [5.41, 5.74) is 1.41. The lowest BCUT2D eigenvalue weighted by molar-refractivity contribution is -0.142. The summed E-state index contributed by atoms with van der Waals surface area (Å²) in [4.78, 5) is 10.8. The van der Waals surface area contributed by atoms with Crippen LogP contribution in [0, 0.1) is 17.2 Å². The van der Waals surface area contributed by atoms with E-state index in [-0.39, 0.29) is 12.5 Å². The number of nitrogens with zero attached hydrogens (tertiary/aromatic N) is 1. The van der Waals surface area contributed by atoms with Gasteiger partial charge in [0.25, 0.3) is 0 Å². The van der Waals surface area contributed by atoms with E-state index in [2.05, 4.69) is 19.9 Å². The summed E-state index contributed by atoms with van der Waals surface area (Å²) in [6.45, 7) is 5.77. The first-order chi connectivity index (χ1) is 9.01. The zero-order valence-corrected chi connectivity index (χ0v) is 11.5. The molecule has 1 aromatic rings. The van der Waals surface area contributed by atoms with Gasteiger partial charge in [0.15, 0.2) is 0 Å². The molecule has 0 aliphatic rings. The number of hydrogen-bond donors (Lipinski definition) is 1. The van der Waals surface area contributed by atoms with Crippen LogP contribution in [-0.2, 0) is 4.79 Å². The van der Waals surface area contributed by atoms with Crippen LogP contribution in [0.15, 0.2) is 18.2 Å². The summed E-state index contributed by atoms with van der Waals surface area (Å²) < 4.78 is 5.60. The molecule has 4 nitrogen and oxygen atoms in total. The highest BCUT2D eigenvalue weighted by atomic mass is 16.5. The van der Waals surface area contributed by atoms with Crippen LogP contribution in [-0.4, -0.2) is 17.7 Å². The average molecular weight is 261 g/mol. The monoisotopic (exact) mass is 261 g/mol. The van der Waals surface area contributed by atoms with E-state index < -0.39 is 11.9 Å². The Morgan fingerprint density at radius 2 is 2.16 bits per heavy atom. The van der Waals surface area contributed by atoms with Crippen molar-refractivity contribution < 1.29 is 14.6 Å². The van der Waals surface area contributed by atoms with Crippen LogP contribution in [0.4, 0.5) is 0 Å². The van der Waals surface area contributed by atoms with Gasteiger partial charge in [0.2, 0.25) is 0 Å². The summed E-state index contributed by atoms with van der Waals surface area (Å²) in [6, 6.07) is 7.54. The quantitative estimate of drug-likeness (QED) is 0.853. The minimum atomic E-state index is -0.903. The Bertz CT molecular complexity index is 491. The van der Waals surface area contributed by atoms with Gasteiger partial charge in [-0.2, -0.15) is 5.26 Å². The second-order valence-electron chi connectivity index (χ2n) is 4.70. The van der Waals surface area contributed by atoms with Gasteiger partial charge in [0.05, 0.1) is 11.5 Å². The highest BCUT2D eigenvalue weighted by Crippen LogP contribution is 2.32. The topological polar surface area (TPSA) is 70.3 Å². The van der Waals surface area contributed by atoms with E-state index in [1.807, 2.05) is 12.1 Å². The number of ether oxygens (including phenoxy) is 1. The molecule has 1 aromatic carbocycles. The van der Waals surface area contributed by atoms with Crippen molar-refractivity contribution in [3.8, 4) is 11.8 Å². The standard InChI is InChI=1S/C15H19NO3/c1-4-10(2)13-7-5-6-12(8-16)14(13)19-9-11(3)15(17)18/h5-7,10-11H,4,9H2,1-3H3,(H,17,18). The van der Waals surface area contributed by atoms with Gasteiger partial charge in [-0.1, -0.05) is 26.0 Å². The van der Waals surface area contributed by atoms with Gasteiger partial charge in [-0.15, -0.1) is 0 Å². The van der Waals surface area contributed by atoms with Crippen LogP contribution in [0.1, 0.15) is 44.2 Å². The van der Waals surface area contributed by atoms with Gasteiger partial charge < -0.3 is 9.84 Å². The number of carboxylic acid groups (broad SMARTS) is 1. The van der Waals surface area contributed by atoms with Crippen LogP contribution in [0.3, 0.4) is 0 Å². The van der Waals surface area contributed by atoms with Crippen molar-refractivity contribution in [2.75, 3.05) is 6.61 Å². The molecule has 0 aliphatic heterocycles. The van der Waals surface area contributed by atoms with Crippen LogP contribution in [0.5, 0.6) is 5.75 Å². The number of aliphatic carboxylic acids is 1. The highest BCUT2D eigenvalue weighted by molar-refractivity contribution is 5.69. The molecule has 1 rings (SSSR count). The SMILES string of the molecule is CCC(C)c1cccc(C#N)c1OCC(C)C(=O)O. The van der Waals surface area contributed by atoms with Crippen LogP contribution in [0.2, 0.25) is 0 Å². The number of carbonyl (C=O) groups is 1. The van der Waals surface area contributed by atoms with Gasteiger partial charge in [0, 0.05) is 0 Å². The lowest BCUT2D eigenvalue weighted by Gasteiger charge is -2.18. The lowest BCUT2D eigenvalue weighted by Crippen LogP contribution is -2.19. The molecule has 1 N–H and O–H groups in total. The smallest absolute Gasteiger partial charge is 0.309 e. The Hall–Kier alpha value is -2.02. The summed E-state index contributed by atoms with van der Waals surface area (Å²) in [6.07, 6.45) is 0.930. The molecule has 0 amide bonds. The van der Waals surface area contributed by atoms with Gasteiger partial charge in [-0.25, -0.2) is 0 Å². The van der Waals surface area contributed by atoms with E-state index in [0.717, 1.165) is 12.0 Å². The molecule has 19 heavy (non-hydrogen) atoms. The first-order valence-electron chi connectivity index (χ1n) is 6.39. The summed E-state index contributed by atoms with van der Waals surface area (Å²) in [5.74, 6) is -0.716. The van der Waals surface area contributed by atoms with Gasteiger partial charge >= 0.3 is 5.97 Å². The molecule has 0 spiro atoms.